The summed E-state index contributed by atoms with van der Waals surface area (Å²) in [5.41, 5.74) is 2.88. The van der Waals surface area contributed by atoms with E-state index < -0.39 is 0 Å². The number of carbonyl (C=O) groups excluding carboxylic acids is 2. The largest absolute Gasteiger partial charge is 0.310 e. The van der Waals surface area contributed by atoms with Gasteiger partial charge in [-0.1, -0.05) is 20.8 Å². The molecule has 2 N–H and O–H groups in total. The highest BCUT2D eigenvalue weighted by Crippen LogP contribution is 2.30. The molecule has 1 saturated carbocycles. The van der Waals surface area contributed by atoms with Crippen LogP contribution in [0.2, 0.25) is 0 Å². The lowest BCUT2D eigenvalue weighted by molar-refractivity contribution is -0.118. The number of Topliss-reactive ketones (excluding diaryl/α,β-unsaturated/α-hetero) is 1. The molecule has 0 unspecified atom stereocenters. The van der Waals surface area contributed by atoms with Crippen molar-refractivity contribution in [2.24, 2.45) is 5.92 Å². The van der Waals surface area contributed by atoms with Gasteiger partial charge in [0.1, 0.15) is 16.6 Å². The summed E-state index contributed by atoms with van der Waals surface area (Å²) in [4.78, 5) is 34.2. The van der Waals surface area contributed by atoms with E-state index in [9.17, 15) is 9.59 Å². The van der Waals surface area contributed by atoms with E-state index in [1.807, 2.05) is 24.4 Å². The number of pyridine rings is 1. The van der Waals surface area contributed by atoms with Crippen LogP contribution in [0.5, 0.6) is 0 Å². The smallest absolute Gasteiger partial charge is 0.228 e. The lowest BCUT2D eigenvalue weighted by Crippen LogP contribution is -2.14. The number of ketones is 1. The maximum absolute atomic E-state index is 12.5. The maximum Gasteiger partial charge on any atom is 0.228 e. The van der Waals surface area contributed by atoms with Gasteiger partial charge in [0.05, 0.1) is 12.1 Å². The first-order valence-corrected chi connectivity index (χ1v) is 11.8. The third kappa shape index (κ3) is 6.09. The zero-order chi connectivity index (χ0) is 22.7. The molecule has 1 aliphatic rings. The number of anilines is 1. The SMILES string of the molecule is CC(C)(C)c1cc(CC(=O)Cc2ncc(CCc3ccnc(NC(=O)C4CC4)c3)s2)[nH]n1. The van der Waals surface area contributed by atoms with Crippen LogP contribution >= 0.6 is 11.3 Å². The minimum atomic E-state index is -0.0413. The van der Waals surface area contributed by atoms with Gasteiger partial charge in [0, 0.05) is 40.7 Å². The summed E-state index contributed by atoms with van der Waals surface area (Å²) in [5.74, 6) is 0.965. The Morgan fingerprint density at radius 1 is 1.16 bits per heavy atom. The van der Waals surface area contributed by atoms with Crippen LogP contribution in [0.1, 0.15) is 60.4 Å². The van der Waals surface area contributed by atoms with Crippen LogP contribution in [0.4, 0.5) is 5.82 Å². The summed E-state index contributed by atoms with van der Waals surface area (Å²) in [5, 5.41) is 11.0. The van der Waals surface area contributed by atoms with Crippen molar-refractivity contribution in [3.8, 4) is 0 Å². The Kier molecular flexibility index (Phi) is 6.50. The molecule has 8 heteroatoms. The van der Waals surface area contributed by atoms with Gasteiger partial charge in [0.2, 0.25) is 5.91 Å². The number of H-pyrrole nitrogens is 1. The van der Waals surface area contributed by atoms with Gasteiger partial charge in [-0.15, -0.1) is 11.3 Å². The van der Waals surface area contributed by atoms with Gasteiger partial charge in [-0.05, 0) is 49.4 Å². The summed E-state index contributed by atoms with van der Waals surface area (Å²) < 4.78 is 0. The predicted octanol–water partition coefficient (Wildman–Crippen LogP) is 4.05. The molecule has 4 rings (SSSR count). The predicted molar refractivity (Wildman–Crippen MR) is 125 cm³/mol. The summed E-state index contributed by atoms with van der Waals surface area (Å²) in [6.45, 7) is 6.30. The monoisotopic (exact) mass is 451 g/mol. The van der Waals surface area contributed by atoms with Gasteiger partial charge in [0.25, 0.3) is 0 Å². The van der Waals surface area contributed by atoms with Crippen LogP contribution in [0.15, 0.2) is 30.6 Å². The van der Waals surface area contributed by atoms with E-state index >= 15 is 0 Å². The van der Waals surface area contributed by atoms with Crippen molar-refractivity contribution in [3.05, 3.63) is 57.4 Å². The molecule has 1 amide bonds. The first-order chi connectivity index (χ1) is 15.3. The van der Waals surface area contributed by atoms with E-state index in [4.69, 9.17) is 0 Å². The molecule has 3 aromatic heterocycles. The van der Waals surface area contributed by atoms with Crippen molar-refractivity contribution >= 4 is 28.8 Å². The van der Waals surface area contributed by atoms with Crippen LogP contribution in [0, 0.1) is 5.92 Å². The number of thiazole rings is 1. The van der Waals surface area contributed by atoms with Crippen LogP contribution < -0.4 is 5.32 Å². The fraction of sp³-hybridized carbons (Fsp3) is 0.458. The lowest BCUT2D eigenvalue weighted by Gasteiger charge is -2.13. The van der Waals surface area contributed by atoms with Crippen molar-refractivity contribution in [2.75, 3.05) is 5.32 Å². The quantitative estimate of drug-likeness (QED) is 0.511. The Morgan fingerprint density at radius 3 is 2.69 bits per heavy atom. The second-order valence-electron chi connectivity index (χ2n) is 9.45. The molecule has 7 nitrogen and oxygen atoms in total. The highest BCUT2D eigenvalue weighted by Gasteiger charge is 2.29. The topological polar surface area (TPSA) is 101 Å². The van der Waals surface area contributed by atoms with Crippen molar-refractivity contribution < 1.29 is 9.59 Å². The summed E-state index contributed by atoms with van der Waals surface area (Å²) in [6, 6.07) is 5.87. The van der Waals surface area contributed by atoms with E-state index in [1.165, 1.54) is 0 Å². The number of nitrogens with one attached hydrogen (secondary N) is 2. The van der Waals surface area contributed by atoms with Gasteiger partial charge in [-0.25, -0.2) is 9.97 Å². The van der Waals surface area contributed by atoms with Gasteiger partial charge in [0.15, 0.2) is 0 Å². The Hall–Kier alpha value is -2.87. The normalized spacial score (nSPS) is 13.8. The molecule has 1 aliphatic carbocycles. The molecule has 1 fully saturated rings. The molecule has 0 bridgehead atoms. The molecule has 168 valence electrons. The number of hydrogen-bond acceptors (Lipinski definition) is 6. The minimum Gasteiger partial charge on any atom is -0.310 e. The van der Waals surface area contributed by atoms with Gasteiger partial charge in [-0.2, -0.15) is 5.10 Å². The summed E-state index contributed by atoms with van der Waals surface area (Å²) in [6.07, 6.45) is 7.87. The maximum atomic E-state index is 12.5. The number of aromatic nitrogens is 4. The van der Waals surface area contributed by atoms with Crippen LogP contribution in [-0.4, -0.2) is 31.9 Å². The van der Waals surface area contributed by atoms with Gasteiger partial charge < -0.3 is 5.32 Å². The van der Waals surface area contributed by atoms with E-state index in [0.29, 0.717) is 18.7 Å². The number of aryl methyl sites for hydroxylation is 2. The average Bonchev–Trinajstić information content (AvgIpc) is 3.32. The van der Waals surface area contributed by atoms with Gasteiger partial charge >= 0.3 is 0 Å². The molecule has 0 saturated heterocycles. The van der Waals surface area contributed by atoms with Crippen molar-refractivity contribution in [3.63, 3.8) is 0 Å². The molecule has 32 heavy (non-hydrogen) atoms. The Bertz CT molecular complexity index is 1110. The zero-order valence-corrected chi connectivity index (χ0v) is 19.6. The first kappa shape index (κ1) is 22.3. The first-order valence-electron chi connectivity index (χ1n) is 11.0. The Labute approximate surface area is 192 Å². The second kappa shape index (κ2) is 9.32. The molecule has 0 atom stereocenters. The summed E-state index contributed by atoms with van der Waals surface area (Å²) in [7, 11) is 0. The molecular formula is C24H29N5O2S. The molecule has 3 heterocycles. The molecule has 0 spiro atoms. The molecular weight excluding hydrogens is 422 g/mol. The van der Waals surface area contributed by atoms with E-state index in [1.54, 1.807) is 17.5 Å². The highest BCUT2D eigenvalue weighted by atomic mass is 32.1. The number of amides is 1. The third-order valence-corrected chi connectivity index (χ3v) is 6.48. The molecule has 0 aliphatic heterocycles. The molecule has 0 radical (unpaired) electrons. The van der Waals surface area contributed by atoms with Crippen LogP contribution in [0.3, 0.4) is 0 Å². The van der Waals surface area contributed by atoms with Gasteiger partial charge in [-0.3, -0.25) is 14.7 Å². The number of rotatable bonds is 9. The molecule has 3 aromatic rings. The molecule has 0 aromatic carbocycles. The second-order valence-corrected chi connectivity index (χ2v) is 10.7. The average molecular weight is 452 g/mol. The number of aromatic amines is 1. The standard InChI is InChI=1S/C24H29N5O2S/c1-24(2,3)20-12-17(28-29-20)11-18(30)13-22-26-14-19(32-22)7-4-15-8-9-25-21(10-15)27-23(31)16-5-6-16/h8-10,12,14,16H,4-7,11,13H2,1-3H3,(H,28,29)(H,25,27,31). The highest BCUT2D eigenvalue weighted by molar-refractivity contribution is 7.11. The number of nitrogens with zero attached hydrogens (tertiary/aromatic N) is 3. The van der Waals surface area contributed by atoms with E-state index in [2.05, 4.69) is 46.3 Å². The van der Waals surface area contributed by atoms with Crippen LogP contribution in [-0.2, 0) is 40.7 Å². The zero-order valence-electron chi connectivity index (χ0n) is 18.8. The van der Waals surface area contributed by atoms with E-state index in [0.717, 1.165) is 52.5 Å². The minimum absolute atomic E-state index is 0.0413. The lowest BCUT2D eigenvalue weighted by atomic mass is 9.92. The van der Waals surface area contributed by atoms with Crippen molar-refractivity contribution in [1.82, 2.24) is 20.2 Å². The Morgan fingerprint density at radius 2 is 1.97 bits per heavy atom. The third-order valence-electron chi connectivity index (χ3n) is 5.42. The fourth-order valence-electron chi connectivity index (χ4n) is 3.36. The van der Waals surface area contributed by atoms with Crippen molar-refractivity contribution in [1.29, 1.82) is 0 Å². The number of carbonyl (C=O) groups is 2. The Balaban J connectivity index is 1.27. The fourth-order valence-corrected chi connectivity index (χ4v) is 4.32. The van der Waals surface area contributed by atoms with Crippen molar-refractivity contribution in [2.45, 2.75) is 64.7 Å². The number of hydrogen-bond donors (Lipinski definition) is 2. The van der Waals surface area contributed by atoms with Crippen LogP contribution in [0.25, 0.3) is 0 Å². The summed E-state index contributed by atoms with van der Waals surface area (Å²) >= 11 is 1.58. The van der Waals surface area contributed by atoms with E-state index in [-0.39, 0.29) is 23.0 Å².